The first-order chi connectivity index (χ1) is 13.0. The van der Waals surface area contributed by atoms with Crippen LogP contribution in [0, 0.1) is 0 Å². The van der Waals surface area contributed by atoms with Crippen molar-refractivity contribution < 1.29 is 24.9 Å². The first kappa shape index (κ1) is 17.2. The Bertz CT molecular complexity index is 1030. The zero-order chi connectivity index (χ0) is 19.1. The van der Waals surface area contributed by atoms with Crippen molar-refractivity contribution in [2.75, 3.05) is 13.7 Å². The van der Waals surface area contributed by atoms with Crippen LogP contribution in [-0.2, 0) is 11.2 Å². The highest BCUT2D eigenvalue weighted by Crippen LogP contribution is 2.43. The summed E-state index contributed by atoms with van der Waals surface area (Å²) in [6, 6.07) is 7.69. The third-order valence-electron chi connectivity index (χ3n) is 5.09. The van der Waals surface area contributed by atoms with E-state index in [4.69, 9.17) is 4.74 Å². The molecule has 0 fully saturated rings. The van der Waals surface area contributed by atoms with E-state index in [1.165, 1.54) is 31.4 Å². The fraction of sp³-hybridized carbons (Fsp3) is 0.250. The van der Waals surface area contributed by atoms with Crippen LogP contribution >= 0.6 is 0 Å². The average molecular weight is 368 g/mol. The summed E-state index contributed by atoms with van der Waals surface area (Å²) >= 11 is 0. The molecule has 1 amide bonds. The summed E-state index contributed by atoms with van der Waals surface area (Å²) in [5, 5.41) is 35.0. The van der Waals surface area contributed by atoms with E-state index in [1.54, 1.807) is 6.07 Å². The number of carbonyl (C=O) groups is 1. The number of phenolic OH excluding ortho intramolecular Hbond substituents is 2. The van der Waals surface area contributed by atoms with E-state index >= 15 is 0 Å². The number of aromatic amines is 1. The molecule has 0 saturated carbocycles. The second-order valence-corrected chi connectivity index (χ2v) is 6.63. The Morgan fingerprint density at radius 1 is 1.19 bits per heavy atom. The molecular formula is C20H20N2O5. The smallest absolute Gasteiger partial charge is 0.230 e. The number of aromatic hydroxyl groups is 2. The number of hydrogen-bond donors (Lipinski definition) is 5. The van der Waals surface area contributed by atoms with Crippen LogP contribution in [0.15, 0.2) is 36.5 Å². The summed E-state index contributed by atoms with van der Waals surface area (Å²) in [6.07, 6.45) is 1.24. The molecule has 1 aliphatic rings. The number of phenols is 2. The van der Waals surface area contributed by atoms with E-state index in [9.17, 15) is 20.1 Å². The molecule has 1 aromatic heterocycles. The number of hydrogen-bond acceptors (Lipinski definition) is 5. The van der Waals surface area contributed by atoms with Crippen LogP contribution in [0.4, 0.5) is 0 Å². The zero-order valence-corrected chi connectivity index (χ0v) is 14.7. The van der Waals surface area contributed by atoms with Crippen molar-refractivity contribution in [3.63, 3.8) is 0 Å². The quantitative estimate of drug-likeness (QED) is 0.486. The van der Waals surface area contributed by atoms with E-state index in [1.807, 2.05) is 6.20 Å². The number of methoxy groups -OCH3 is 1. The number of carbonyl (C=O) groups excluding carboxylic acids is 1. The van der Waals surface area contributed by atoms with Gasteiger partial charge in [0.2, 0.25) is 5.91 Å². The zero-order valence-electron chi connectivity index (χ0n) is 14.7. The van der Waals surface area contributed by atoms with Crippen molar-refractivity contribution in [2.24, 2.45) is 0 Å². The second kappa shape index (κ2) is 6.51. The molecule has 4 rings (SSSR count). The Morgan fingerprint density at radius 3 is 2.74 bits per heavy atom. The van der Waals surface area contributed by atoms with Crippen molar-refractivity contribution in [3.05, 3.63) is 53.2 Å². The molecule has 2 atom stereocenters. The van der Waals surface area contributed by atoms with Crippen LogP contribution < -0.4 is 10.1 Å². The van der Waals surface area contributed by atoms with E-state index in [2.05, 4.69) is 10.3 Å². The Kier molecular flexibility index (Phi) is 4.16. The normalized spacial score (nSPS) is 17.9. The number of benzene rings is 2. The first-order valence-corrected chi connectivity index (χ1v) is 8.65. The van der Waals surface area contributed by atoms with Crippen molar-refractivity contribution in [3.8, 4) is 17.2 Å². The minimum atomic E-state index is -1.24. The number of ether oxygens (including phenoxy) is 1. The minimum absolute atomic E-state index is 0.0461. The summed E-state index contributed by atoms with van der Waals surface area (Å²) in [6.45, 7) is 0.434. The fourth-order valence-electron chi connectivity index (χ4n) is 3.76. The standard InChI is InChI=1S/C20H20N2O5/c1-27-15-8-10(2-4-13(15)23)19(25)18-17-14(24)5-3-12-16(17)11(9-22-12)6-7-21-20(18)26/h2-5,8-9,18-19,22-25H,6-7H2,1H3,(H,21,26). The maximum atomic E-state index is 12.9. The molecule has 0 spiro atoms. The van der Waals surface area contributed by atoms with Crippen molar-refractivity contribution in [1.29, 1.82) is 0 Å². The predicted octanol–water partition coefficient (Wildman–Crippen LogP) is 2.08. The molecule has 0 bridgehead atoms. The number of aliphatic hydroxyl groups is 1. The lowest BCUT2D eigenvalue weighted by atomic mass is 9.84. The van der Waals surface area contributed by atoms with Gasteiger partial charge < -0.3 is 30.4 Å². The molecule has 140 valence electrons. The molecule has 0 saturated heterocycles. The minimum Gasteiger partial charge on any atom is -0.508 e. The molecule has 0 radical (unpaired) electrons. The molecule has 7 heteroatoms. The summed E-state index contributed by atoms with van der Waals surface area (Å²) in [4.78, 5) is 16.0. The van der Waals surface area contributed by atoms with Crippen LogP contribution in [0.3, 0.4) is 0 Å². The Morgan fingerprint density at radius 2 is 1.96 bits per heavy atom. The lowest BCUT2D eigenvalue weighted by Gasteiger charge is -2.27. The number of aromatic nitrogens is 1. The summed E-state index contributed by atoms with van der Waals surface area (Å²) in [5.74, 6) is -1.30. The molecule has 27 heavy (non-hydrogen) atoms. The average Bonchev–Trinajstić information content (AvgIpc) is 3.05. The topological polar surface area (TPSA) is 115 Å². The van der Waals surface area contributed by atoms with Gasteiger partial charge in [0.25, 0.3) is 0 Å². The van der Waals surface area contributed by atoms with E-state index in [0.717, 1.165) is 16.5 Å². The highest BCUT2D eigenvalue weighted by molar-refractivity contribution is 5.96. The van der Waals surface area contributed by atoms with Crippen LogP contribution in [0.25, 0.3) is 10.9 Å². The SMILES string of the molecule is COc1cc(C(O)C2C(=O)NCCc3c[nH]c4ccc(O)c2c34)ccc1O. The lowest BCUT2D eigenvalue weighted by Crippen LogP contribution is -2.35. The molecular weight excluding hydrogens is 348 g/mol. The molecule has 2 aromatic carbocycles. The van der Waals surface area contributed by atoms with E-state index in [0.29, 0.717) is 24.1 Å². The van der Waals surface area contributed by atoms with Crippen LogP contribution in [-0.4, -0.2) is 39.9 Å². The fourth-order valence-corrected chi connectivity index (χ4v) is 3.76. The summed E-state index contributed by atoms with van der Waals surface area (Å²) in [5.41, 5.74) is 2.56. The third kappa shape index (κ3) is 2.76. The molecule has 3 aromatic rings. The van der Waals surface area contributed by atoms with Crippen LogP contribution in [0.5, 0.6) is 17.2 Å². The maximum Gasteiger partial charge on any atom is 0.230 e. The molecule has 2 unspecified atom stereocenters. The van der Waals surface area contributed by atoms with Crippen molar-refractivity contribution in [2.45, 2.75) is 18.4 Å². The van der Waals surface area contributed by atoms with Crippen LogP contribution in [0.2, 0.25) is 0 Å². The predicted molar refractivity (Wildman–Crippen MR) is 99.0 cm³/mol. The molecule has 0 aliphatic carbocycles. The third-order valence-corrected chi connectivity index (χ3v) is 5.09. The van der Waals surface area contributed by atoms with Gasteiger partial charge in [0.15, 0.2) is 11.5 Å². The Hall–Kier alpha value is -3.19. The van der Waals surface area contributed by atoms with Crippen LogP contribution in [0.1, 0.15) is 28.7 Å². The lowest BCUT2D eigenvalue weighted by molar-refractivity contribution is -0.125. The van der Waals surface area contributed by atoms with Crippen molar-refractivity contribution in [1.82, 2.24) is 10.3 Å². The number of aliphatic hydroxyl groups excluding tert-OH is 1. The molecule has 5 N–H and O–H groups in total. The summed E-state index contributed by atoms with van der Waals surface area (Å²) < 4.78 is 5.10. The molecule has 1 aliphatic heterocycles. The number of amides is 1. The van der Waals surface area contributed by atoms with E-state index in [-0.39, 0.29) is 23.2 Å². The van der Waals surface area contributed by atoms with Gasteiger partial charge in [0.05, 0.1) is 19.1 Å². The molecule has 2 heterocycles. The largest absolute Gasteiger partial charge is 0.508 e. The van der Waals surface area contributed by atoms with Gasteiger partial charge in [-0.3, -0.25) is 4.79 Å². The van der Waals surface area contributed by atoms with Gasteiger partial charge in [-0.15, -0.1) is 0 Å². The maximum absolute atomic E-state index is 12.9. The van der Waals surface area contributed by atoms with Gasteiger partial charge in [0, 0.05) is 29.2 Å². The van der Waals surface area contributed by atoms with Gasteiger partial charge >= 0.3 is 0 Å². The van der Waals surface area contributed by atoms with Crippen molar-refractivity contribution >= 4 is 16.8 Å². The second-order valence-electron chi connectivity index (χ2n) is 6.63. The van der Waals surface area contributed by atoms with Gasteiger partial charge in [-0.25, -0.2) is 0 Å². The van der Waals surface area contributed by atoms with E-state index < -0.39 is 12.0 Å². The summed E-state index contributed by atoms with van der Waals surface area (Å²) in [7, 11) is 1.41. The highest BCUT2D eigenvalue weighted by atomic mass is 16.5. The first-order valence-electron chi connectivity index (χ1n) is 8.65. The van der Waals surface area contributed by atoms with Gasteiger partial charge in [0.1, 0.15) is 5.75 Å². The highest BCUT2D eigenvalue weighted by Gasteiger charge is 2.35. The van der Waals surface area contributed by atoms with Gasteiger partial charge in [-0.2, -0.15) is 0 Å². The van der Waals surface area contributed by atoms with Gasteiger partial charge in [-0.1, -0.05) is 6.07 Å². The molecule has 7 nitrogen and oxygen atoms in total. The number of nitrogens with one attached hydrogen (secondary N) is 2. The monoisotopic (exact) mass is 368 g/mol. The number of H-pyrrole nitrogens is 1. The van der Waals surface area contributed by atoms with Gasteiger partial charge in [-0.05, 0) is 41.8 Å². The Balaban J connectivity index is 1.91. The number of rotatable bonds is 3. The Labute approximate surface area is 155 Å².